The monoisotopic (exact) mass is 272 g/mol. The van der Waals surface area contributed by atoms with Crippen LogP contribution in [0.5, 0.6) is 0 Å². The van der Waals surface area contributed by atoms with Crippen molar-refractivity contribution in [1.82, 2.24) is 5.32 Å². The Bertz CT molecular complexity index is 252. The number of hydrogen-bond acceptors (Lipinski definition) is 3. The van der Waals surface area contributed by atoms with Gasteiger partial charge in [-0.25, -0.2) is 0 Å². The molecular formula is C14H28N2OS. The highest BCUT2D eigenvalue weighted by Gasteiger charge is 2.31. The van der Waals surface area contributed by atoms with Crippen LogP contribution in [0.1, 0.15) is 51.9 Å². The van der Waals surface area contributed by atoms with E-state index in [-0.39, 0.29) is 11.8 Å². The molecule has 0 bridgehead atoms. The molecule has 1 rings (SSSR count). The lowest BCUT2D eigenvalue weighted by atomic mass is 9.88. The van der Waals surface area contributed by atoms with E-state index in [1.165, 1.54) is 32.1 Å². The SMILES string of the molecule is CSC1(CNC(=O)C(C)CCCN)CCCCC1. The van der Waals surface area contributed by atoms with Gasteiger partial charge < -0.3 is 11.1 Å². The van der Waals surface area contributed by atoms with Crippen molar-refractivity contribution >= 4 is 17.7 Å². The molecule has 0 aromatic heterocycles. The van der Waals surface area contributed by atoms with Crippen molar-refractivity contribution in [2.75, 3.05) is 19.3 Å². The van der Waals surface area contributed by atoms with Crippen LogP contribution in [0.15, 0.2) is 0 Å². The van der Waals surface area contributed by atoms with Crippen LogP contribution < -0.4 is 11.1 Å². The fourth-order valence-electron chi connectivity index (χ4n) is 2.63. The lowest BCUT2D eigenvalue weighted by molar-refractivity contribution is -0.124. The Morgan fingerprint density at radius 2 is 2.06 bits per heavy atom. The summed E-state index contributed by atoms with van der Waals surface area (Å²) in [6.07, 6.45) is 10.4. The number of rotatable bonds is 7. The maximum absolute atomic E-state index is 12.0. The maximum Gasteiger partial charge on any atom is 0.222 e. The Labute approximate surface area is 116 Å². The van der Waals surface area contributed by atoms with E-state index in [1.807, 2.05) is 18.7 Å². The number of carbonyl (C=O) groups is 1. The highest BCUT2D eigenvalue weighted by molar-refractivity contribution is 8.00. The van der Waals surface area contributed by atoms with Crippen molar-refractivity contribution < 1.29 is 4.79 Å². The predicted molar refractivity (Wildman–Crippen MR) is 79.8 cm³/mol. The van der Waals surface area contributed by atoms with Gasteiger partial charge in [-0.2, -0.15) is 11.8 Å². The van der Waals surface area contributed by atoms with Crippen molar-refractivity contribution in [2.45, 2.75) is 56.6 Å². The van der Waals surface area contributed by atoms with Gasteiger partial charge in [0.05, 0.1) is 0 Å². The molecule has 1 aliphatic carbocycles. The second kappa shape index (κ2) is 8.05. The summed E-state index contributed by atoms with van der Waals surface area (Å²) in [6.45, 7) is 3.50. The average Bonchev–Trinajstić information content (AvgIpc) is 2.43. The van der Waals surface area contributed by atoms with Crippen LogP contribution in [-0.2, 0) is 4.79 Å². The number of nitrogens with two attached hydrogens (primary N) is 1. The molecule has 0 radical (unpaired) electrons. The summed E-state index contributed by atoms with van der Waals surface area (Å²) in [5.41, 5.74) is 5.48. The molecule has 3 nitrogen and oxygen atoms in total. The first kappa shape index (κ1) is 15.8. The minimum Gasteiger partial charge on any atom is -0.354 e. The number of amides is 1. The standard InChI is InChI=1S/C14H28N2OS/c1-12(7-6-10-15)13(17)16-11-14(18-2)8-4-3-5-9-14/h12H,3-11,15H2,1-2H3,(H,16,17). The largest absolute Gasteiger partial charge is 0.354 e. The van der Waals surface area contributed by atoms with Gasteiger partial charge in [0, 0.05) is 17.2 Å². The normalized spacial score (nSPS) is 20.4. The fraction of sp³-hybridized carbons (Fsp3) is 0.929. The molecule has 0 spiro atoms. The second-order valence-electron chi connectivity index (χ2n) is 5.50. The summed E-state index contributed by atoms with van der Waals surface area (Å²) >= 11 is 1.93. The van der Waals surface area contributed by atoms with Gasteiger partial charge in [0.1, 0.15) is 0 Å². The van der Waals surface area contributed by atoms with Crippen LogP contribution in [-0.4, -0.2) is 30.0 Å². The topological polar surface area (TPSA) is 55.1 Å². The zero-order chi connectivity index (χ0) is 13.4. The van der Waals surface area contributed by atoms with Crippen LogP contribution in [0.3, 0.4) is 0 Å². The molecule has 1 atom stereocenters. The molecule has 4 heteroatoms. The van der Waals surface area contributed by atoms with Gasteiger partial charge in [-0.05, 0) is 38.5 Å². The van der Waals surface area contributed by atoms with Gasteiger partial charge in [0.2, 0.25) is 5.91 Å². The minimum atomic E-state index is 0.0936. The van der Waals surface area contributed by atoms with Crippen molar-refractivity contribution in [3.05, 3.63) is 0 Å². The van der Waals surface area contributed by atoms with Crippen molar-refractivity contribution in [3.63, 3.8) is 0 Å². The molecule has 0 saturated heterocycles. The zero-order valence-corrected chi connectivity index (χ0v) is 12.7. The first-order valence-electron chi connectivity index (χ1n) is 7.16. The van der Waals surface area contributed by atoms with E-state index in [9.17, 15) is 4.79 Å². The van der Waals surface area contributed by atoms with E-state index in [2.05, 4.69) is 11.6 Å². The van der Waals surface area contributed by atoms with E-state index in [0.717, 1.165) is 19.4 Å². The molecule has 0 aliphatic heterocycles. The third kappa shape index (κ3) is 4.81. The van der Waals surface area contributed by atoms with E-state index >= 15 is 0 Å². The van der Waals surface area contributed by atoms with Gasteiger partial charge in [0.25, 0.3) is 0 Å². The molecule has 3 N–H and O–H groups in total. The Morgan fingerprint density at radius 3 is 2.61 bits per heavy atom. The molecule has 0 aromatic rings. The quantitative estimate of drug-likeness (QED) is 0.749. The summed E-state index contributed by atoms with van der Waals surface area (Å²) in [4.78, 5) is 12.0. The van der Waals surface area contributed by atoms with E-state index in [1.54, 1.807) is 0 Å². The third-order valence-electron chi connectivity index (χ3n) is 4.07. The van der Waals surface area contributed by atoms with Crippen molar-refractivity contribution in [2.24, 2.45) is 11.7 Å². The molecule has 0 heterocycles. The zero-order valence-electron chi connectivity index (χ0n) is 11.8. The second-order valence-corrected chi connectivity index (χ2v) is 6.77. The van der Waals surface area contributed by atoms with Gasteiger partial charge in [-0.15, -0.1) is 0 Å². The van der Waals surface area contributed by atoms with Gasteiger partial charge in [-0.1, -0.05) is 26.2 Å². The van der Waals surface area contributed by atoms with Crippen LogP contribution in [0.25, 0.3) is 0 Å². The molecule has 1 aliphatic rings. The first-order chi connectivity index (χ1) is 8.63. The minimum absolute atomic E-state index is 0.0936. The number of thioether (sulfide) groups is 1. The Morgan fingerprint density at radius 1 is 1.39 bits per heavy atom. The number of nitrogens with one attached hydrogen (secondary N) is 1. The van der Waals surface area contributed by atoms with Crippen molar-refractivity contribution in [1.29, 1.82) is 0 Å². The van der Waals surface area contributed by atoms with Crippen LogP contribution >= 0.6 is 11.8 Å². The molecular weight excluding hydrogens is 244 g/mol. The Hall–Kier alpha value is -0.220. The molecule has 1 amide bonds. The molecule has 1 unspecified atom stereocenters. The van der Waals surface area contributed by atoms with Crippen LogP contribution in [0.4, 0.5) is 0 Å². The van der Waals surface area contributed by atoms with Gasteiger partial charge in [-0.3, -0.25) is 4.79 Å². The van der Waals surface area contributed by atoms with E-state index in [0.29, 0.717) is 11.3 Å². The Kier molecular flexibility index (Phi) is 7.08. The van der Waals surface area contributed by atoms with Crippen LogP contribution in [0.2, 0.25) is 0 Å². The summed E-state index contributed by atoms with van der Waals surface area (Å²) in [6, 6.07) is 0. The molecule has 106 valence electrons. The van der Waals surface area contributed by atoms with Gasteiger partial charge in [0.15, 0.2) is 0 Å². The summed E-state index contributed by atoms with van der Waals surface area (Å²) in [5.74, 6) is 0.290. The van der Waals surface area contributed by atoms with Gasteiger partial charge >= 0.3 is 0 Å². The van der Waals surface area contributed by atoms with E-state index in [4.69, 9.17) is 5.73 Å². The summed E-state index contributed by atoms with van der Waals surface area (Å²) in [5, 5.41) is 3.15. The summed E-state index contributed by atoms with van der Waals surface area (Å²) in [7, 11) is 0. The van der Waals surface area contributed by atoms with Crippen molar-refractivity contribution in [3.8, 4) is 0 Å². The number of hydrogen-bond donors (Lipinski definition) is 2. The van der Waals surface area contributed by atoms with Crippen LogP contribution in [0, 0.1) is 5.92 Å². The molecule has 1 fully saturated rings. The number of carbonyl (C=O) groups excluding carboxylic acids is 1. The molecule has 18 heavy (non-hydrogen) atoms. The lowest BCUT2D eigenvalue weighted by Crippen LogP contribution is -2.43. The summed E-state index contributed by atoms with van der Waals surface area (Å²) < 4.78 is 0.293. The Balaban J connectivity index is 2.35. The highest BCUT2D eigenvalue weighted by atomic mass is 32.2. The molecule has 1 saturated carbocycles. The fourth-order valence-corrected chi connectivity index (χ4v) is 3.54. The smallest absolute Gasteiger partial charge is 0.222 e. The third-order valence-corrected chi connectivity index (χ3v) is 5.49. The lowest BCUT2D eigenvalue weighted by Gasteiger charge is -2.36. The average molecular weight is 272 g/mol. The molecule has 0 aromatic carbocycles. The highest BCUT2D eigenvalue weighted by Crippen LogP contribution is 2.37. The first-order valence-corrected chi connectivity index (χ1v) is 8.39. The maximum atomic E-state index is 12.0. The van der Waals surface area contributed by atoms with E-state index < -0.39 is 0 Å². The predicted octanol–water partition coefficient (Wildman–Crippen LogP) is 2.54.